The van der Waals surface area contributed by atoms with Crippen LogP contribution in [-0.4, -0.2) is 64.5 Å². The van der Waals surface area contributed by atoms with Gasteiger partial charge >= 0.3 is 11.9 Å². The third kappa shape index (κ3) is 5.45. The lowest BCUT2D eigenvalue weighted by Crippen LogP contribution is -2.44. The van der Waals surface area contributed by atoms with Gasteiger partial charge in [0.2, 0.25) is 5.91 Å². The first-order valence-corrected chi connectivity index (χ1v) is 13.4. The van der Waals surface area contributed by atoms with Crippen molar-refractivity contribution in [2.45, 2.75) is 45.6 Å². The molecule has 0 N–H and O–H groups in total. The monoisotopic (exact) mass is 542 g/mol. The van der Waals surface area contributed by atoms with E-state index in [-0.39, 0.29) is 35.5 Å². The summed E-state index contributed by atoms with van der Waals surface area (Å²) in [5.41, 5.74) is 1.83. The van der Waals surface area contributed by atoms with Gasteiger partial charge in [0.15, 0.2) is 5.17 Å². The number of allylic oxidation sites excluding steroid dienone is 1. The number of piperidine rings is 1. The first-order valence-electron chi connectivity index (χ1n) is 12.5. The highest BCUT2D eigenvalue weighted by molar-refractivity contribution is 8.16. The summed E-state index contributed by atoms with van der Waals surface area (Å²) in [6.45, 7) is 4.75. The third-order valence-corrected chi connectivity index (χ3v) is 7.64. The minimum Gasteiger partial charge on any atom is -0.466 e. The number of non-ortho nitro benzene ring substituents is 1. The Kier molecular flexibility index (Phi) is 8.50. The van der Waals surface area contributed by atoms with Crippen LogP contribution >= 0.6 is 11.8 Å². The fourth-order valence-corrected chi connectivity index (χ4v) is 5.90. The second-order valence-electron chi connectivity index (χ2n) is 9.06. The van der Waals surface area contributed by atoms with Crippen LogP contribution in [0.1, 0.15) is 51.1 Å². The first kappa shape index (κ1) is 27.4. The highest BCUT2D eigenvalue weighted by Gasteiger charge is 2.42. The van der Waals surface area contributed by atoms with E-state index in [2.05, 4.69) is 4.99 Å². The standard InChI is InChI=1S/C26H30N4O7S/c1-4-20-22(25(33)36-3)23(16-8-6-10-18(12-16)30(34)35)29-19(15-38-26(29)27-20)13-21(31)28-11-7-9-17(14-28)24(32)37-5-2/h6,8,10,12,15,17,23H,4-5,7,9,11,13-14H2,1-3H3/t17-,23+/m0/s1. The average Bonchev–Trinajstić information content (AvgIpc) is 3.33. The van der Waals surface area contributed by atoms with Crippen LogP contribution < -0.4 is 0 Å². The molecule has 0 aromatic heterocycles. The number of nitro benzene ring substituents is 1. The molecule has 3 aliphatic rings. The molecule has 0 radical (unpaired) electrons. The van der Waals surface area contributed by atoms with Crippen molar-refractivity contribution < 1.29 is 28.8 Å². The molecular weight excluding hydrogens is 512 g/mol. The minimum atomic E-state index is -0.757. The second-order valence-corrected chi connectivity index (χ2v) is 9.90. The van der Waals surface area contributed by atoms with Crippen molar-refractivity contribution in [3.05, 3.63) is 62.3 Å². The highest BCUT2D eigenvalue weighted by atomic mass is 32.2. The summed E-state index contributed by atoms with van der Waals surface area (Å²) in [5, 5.41) is 13.9. The molecular formula is C26H30N4O7S. The molecule has 2 atom stereocenters. The largest absolute Gasteiger partial charge is 0.466 e. The molecule has 0 aliphatic carbocycles. The fraction of sp³-hybridized carbons (Fsp3) is 0.462. The lowest BCUT2D eigenvalue weighted by atomic mass is 9.92. The molecule has 4 rings (SSSR count). The quantitative estimate of drug-likeness (QED) is 0.272. The molecule has 11 nitrogen and oxygen atoms in total. The molecule has 1 amide bonds. The van der Waals surface area contributed by atoms with Crippen LogP contribution in [0, 0.1) is 16.0 Å². The molecule has 12 heteroatoms. The zero-order chi connectivity index (χ0) is 27.4. The van der Waals surface area contributed by atoms with E-state index in [9.17, 15) is 24.5 Å². The number of thioether (sulfide) groups is 1. The number of aliphatic imine (C=N–C) groups is 1. The van der Waals surface area contributed by atoms with Crippen LogP contribution in [-0.2, 0) is 23.9 Å². The zero-order valence-electron chi connectivity index (χ0n) is 21.5. The van der Waals surface area contributed by atoms with E-state index in [4.69, 9.17) is 9.47 Å². The maximum atomic E-state index is 13.4. The maximum absolute atomic E-state index is 13.4. The van der Waals surface area contributed by atoms with Crippen LogP contribution in [0.25, 0.3) is 0 Å². The van der Waals surface area contributed by atoms with Gasteiger partial charge in [0, 0.05) is 30.9 Å². The van der Waals surface area contributed by atoms with Gasteiger partial charge in [-0.05, 0) is 37.2 Å². The number of hydrogen-bond donors (Lipinski definition) is 0. The predicted octanol–water partition coefficient (Wildman–Crippen LogP) is 3.92. The van der Waals surface area contributed by atoms with Crippen LogP contribution in [0.3, 0.4) is 0 Å². The van der Waals surface area contributed by atoms with Gasteiger partial charge in [-0.15, -0.1) is 0 Å². The molecule has 0 bridgehead atoms. The van der Waals surface area contributed by atoms with E-state index in [0.29, 0.717) is 61.1 Å². The predicted molar refractivity (Wildman–Crippen MR) is 141 cm³/mol. The van der Waals surface area contributed by atoms with Crippen LogP contribution in [0.2, 0.25) is 0 Å². The zero-order valence-corrected chi connectivity index (χ0v) is 22.4. The highest BCUT2D eigenvalue weighted by Crippen LogP contribution is 2.46. The summed E-state index contributed by atoms with van der Waals surface area (Å²) >= 11 is 1.33. The number of nitrogens with zero attached hydrogens (tertiary/aromatic N) is 4. The Bertz CT molecular complexity index is 1240. The Balaban J connectivity index is 1.66. The smallest absolute Gasteiger partial charge is 0.338 e. The van der Waals surface area contributed by atoms with E-state index in [1.54, 1.807) is 28.9 Å². The topological polar surface area (TPSA) is 132 Å². The Morgan fingerprint density at radius 3 is 2.74 bits per heavy atom. The summed E-state index contributed by atoms with van der Waals surface area (Å²) in [6.07, 6.45) is 1.84. The number of benzene rings is 1. The first-order chi connectivity index (χ1) is 18.3. The molecule has 202 valence electrons. The van der Waals surface area contributed by atoms with E-state index < -0.39 is 16.9 Å². The van der Waals surface area contributed by atoms with E-state index in [0.717, 1.165) is 0 Å². The van der Waals surface area contributed by atoms with Gasteiger partial charge in [0.1, 0.15) is 0 Å². The third-order valence-electron chi connectivity index (χ3n) is 6.75. The number of likely N-dealkylation sites (tertiary alicyclic amines) is 1. The summed E-state index contributed by atoms with van der Waals surface area (Å²) in [6, 6.07) is 5.35. The minimum absolute atomic E-state index is 0.0168. The Hall–Kier alpha value is -3.67. The van der Waals surface area contributed by atoms with Gasteiger partial charge < -0.3 is 19.3 Å². The molecule has 1 fully saturated rings. The molecule has 1 aromatic rings. The summed E-state index contributed by atoms with van der Waals surface area (Å²) < 4.78 is 10.2. The van der Waals surface area contributed by atoms with Gasteiger partial charge in [-0.3, -0.25) is 19.7 Å². The van der Waals surface area contributed by atoms with Gasteiger partial charge in [-0.2, -0.15) is 0 Å². The molecule has 38 heavy (non-hydrogen) atoms. The number of carbonyl (C=O) groups is 3. The van der Waals surface area contributed by atoms with Crippen LogP contribution in [0.5, 0.6) is 0 Å². The van der Waals surface area contributed by atoms with E-state index in [1.165, 1.54) is 31.0 Å². The van der Waals surface area contributed by atoms with Gasteiger partial charge in [0.05, 0.1) is 48.3 Å². The number of amides is 1. The number of esters is 2. The number of amidine groups is 1. The molecule has 3 heterocycles. The van der Waals surface area contributed by atoms with E-state index >= 15 is 0 Å². The molecule has 1 saturated heterocycles. The fourth-order valence-electron chi connectivity index (χ4n) is 4.96. The Labute approximate surface area is 224 Å². The summed E-state index contributed by atoms with van der Waals surface area (Å²) in [5.74, 6) is -1.39. The second kappa shape index (κ2) is 11.8. The number of rotatable bonds is 8. The van der Waals surface area contributed by atoms with E-state index in [1.807, 2.05) is 12.3 Å². The van der Waals surface area contributed by atoms with Crippen molar-refractivity contribution in [1.29, 1.82) is 0 Å². The van der Waals surface area contributed by atoms with Crippen LogP contribution in [0.4, 0.5) is 5.69 Å². The molecule has 0 unspecified atom stereocenters. The maximum Gasteiger partial charge on any atom is 0.338 e. The Morgan fingerprint density at radius 1 is 1.26 bits per heavy atom. The molecule has 0 spiro atoms. The van der Waals surface area contributed by atoms with Crippen molar-refractivity contribution in [1.82, 2.24) is 9.80 Å². The number of fused-ring (bicyclic) bond motifs is 1. The van der Waals surface area contributed by atoms with Crippen molar-refractivity contribution in [2.24, 2.45) is 10.9 Å². The number of carbonyl (C=O) groups excluding carboxylic acids is 3. The van der Waals surface area contributed by atoms with Gasteiger partial charge in [-0.25, -0.2) is 9.79 Å². The van der Waals surface area contributed by atoms with Crippen molar-refractivity contribution >= 4 is 40.5 Å². The number of methoxy groups -OCH3 is 1. The molecule has 0 saturated carbocycles. The number of hydrogen-bond acceptors (Lipinski definition) is 10. The summed E-state index contributed by atoms with van der Waals surface area (Å²) in [7, 11) is 1.28. The molecule has 1 aromatic carbocycles. The lowest BCUT2D eigenvalue weighted by Gasteiger charge is -2.37. The molecule has 3 aliphatic heterocycles. The van der Waals surface area contributed by atoms with Gasteiger partial charge in [0.25, 0.3) is 5.69 Å². The van der Waals surface area contributed by atoms with Crippen LogP contribution in [0.15, 0.2) is 51.6 Å². The van der Waals surface area contributed by atoms with Crippen molar-refractivity contribution in [2.75, 3.05) is 26.8 Å². The lowest BCUT2D eigenvalue weighted by molar-refractivity contribution is -0.384. The van der Waals surface area contributed by atoms with Crippen molar-refractivity contribution in [3.63, 3.8) is 0 Å². The Morgan fingerprint density at radius 2 is 2.05 bits per heavy atom. The van der Waals surface area contributed by atoms with Crippen molar-refractivity contribution in [3.8, 4) is 0 Å². The SMILES string of the molecule is CCOC(=O)[C@H]1CCCN(C(=O)CC2=CSC3=NC(CC)=C(C(=O)OC)[C@@H](c4cccc([N+](=O)[O-])c4)N23)C1. The van der Waals surface area contributed by atoms with Gasteiger partial charge in [-0.1, -0.05) is 30.8 Å². The number of ether oxygens (including phenoxy) is 2. The summed E-state index contributed by atoms with van der Waals surface area (Å²) in [4.78, 5) is 57.8. The number of nitro groups is 1. The normalized spacial score (nSPS) is 20.9. The average molecular weight is 543 g/mol.